The number of thioether (sulfide) groups is 1. The maximum Gasteiger partial charge on any atom is 0.233 e. The Labute approximate surface area is 150 Å². The highest BCUT2D eigenvalue weighted by atomic mass is 32.2. The molecule has 1 amide bonds. The summed E-state index contributed by atoms with van der Waals surface area (Å²) >= 11 is 3.21. The molecule has 1 fully saturated rings. The van der Waals surface area contributed by atoms with Gasteiger partial charge in [-0.1, -0.05) is 11.8 Å². The van der Waals surface area contributed by atoms with Gasteiger partial charge in [-0.15, -0.1) is 11.3 Å². The Morgan fingerprint density at radius 1 is 1.25 bits per heavy atom. The Balaban J connectivity index is 1.77. The molecular formula is C17H23N3O2S2. The van der Waals surface area contributed by atoms with Crippen LogP contribution < -0.4 is 0 Å². The zero-order chi connectivity index (χ0) is 17.4. The maximum absolute atomic E-state index is 12.6. The quantitative estimate of drug-likeness (QED) is 0.617. The second kappa shape index (κ2) is 6.98. The van der Waals surface area contributed by atoms with E-state index in [1.807, 2.05) is 25.7 Å². The smallest absolute Gasteiger partial charge is 0.233 e. The first-order valence-corrected chi connectivity index (χ1v) is 9.95. The van der Waals surface area contributed by atoms with E-state index in [0.29, 0.717) is 18.8 Å². The Kier molecular flexibility index (Phi) is 5.13. The zero-order valence-electron chi connectivity index (χ0n) is 14.8. The summed E-state index contributed by atoms with van der Waals surface area (Å²) in [4.78, 5) is 25.9. The number of ether oxygens (including phenoxy) is 1. The number of amides is 1. The summed E-state index contributed by atoms with van der Waals surface area (Å²) in [7, 11) is 0. The molecule has 0 unspecified atom stereocenters. The van der Waals surface area contributed by atoms with Crippen molar-refractivity contribution in [1.29, 1.82) is 0 Å². The highest BCUT2D eigenvalue weighted by Gasteiger charge is 2.26. The van der Waals surface area contributed by atoms with Crippen molar-refractivity contribution in [3.05, 3.63) is 16.3 Å². The van der Waals surface area contributed by atoms with Gasteiger partial charge in [0.2, 0.25) is 5.91 Å². The summed E-state index contributed by atoms with van der Waals surface area (Å²) in [5.41, 5.74) is 1.22. The molecule has 1 saturated heterocycles. The van der Waals surface area contributed by atoms with Crippen LogP contribution >= 0.6 is 23.1 Å². The topological polar surface area (TPSA) is 55.3 Å². The van der Waals surface area contributed by atoms with Crippen LogP contribution in [-0.2, 0) is 9.53 Å². The average Bonchev–Trinajstić information content (AvgIpc) is 2.78. The predicted molar refractivity (Wildman–Crippen MR) is 98.9 cm³/mol. The molecule has 3 heterocycles. The van der Waals surface area contributed by atoms with Gasteiger partial charge in [-0.3, -0.25) is 4.79 Å². The van der Waals surface area contributed by atoms with E-state index >= 15 is 0 Å². The molecule has 3 rings (SSSR count). The summed E-state index contributed by atoms with van der Waals surface area (Å²) < 4.78 is 5.70. The summed E-state index contributed by atoms with van der Waals surface area (Å²) in [5.74, 6) is 1.31. The second-order valence-corrected chi connectivity index (χ2v) is 8.55. The van der Waals surface area contributed by atoms with Crippen molar-refractivity contribution in [2.45, 2.75) is 51.9 Å². The molecule has 0 N–H and O–H groups in total. The number of carbonyl (C=O) groups excluding carboxylic acids is 1. The highest BCUT2D eigenvalue weighted by Crippen LogP contribution is 2.35. The average molecular weight is 366 g/mol. The van der Waals surface area contributed by atoms with Crippen molar-refractivity contribution < 1.29 is 9.53 Å². The van der Waals surface area contributed by atoms with Gasteiger partial charge in [0.25, 0.3) is 0 Å². The minimum absolute atomic E-state index is 0.0949. The van der Waals surface area contributed by atoms with Gasteiger partial charge in [0.05, 0.1) is 18.0 Å². The lowest BCUT2D eigenvalue weighted by molar-refractivity contribution is -0.140. The van der Waals surface area contributed by atoms with Gasteiger partial charge in [-0.2, -0.15) is 0 Å². The Bertz CT molecular complexity index is 765. The molecule has 2 aromatic rings. The van der Waals surface area contributed by atoms with Crippen LogP contribution in [0.15, 0.2) is 5.03 Å². The minimum atomic E-state index is 0.0949. The Morgan fingerprint density at radius 2 is 1.92 bits per heavy atom. The first-order valence-electron chi connectivity index (χ1n) is 8.15. The van der Waals surface area contributed by atoms with Crippen LogP contribution in [0.25, 0.3) is 10.2 Å². The minimum Gasteiger partial charge on any atom is -0.372 e. The molecule has 0 bridgehead atoms. The standard InChI is InChI=1S/C17H23N3O2S2/c1-9-6-20(7-10(2)22-9)14(21)8-23-16-15-11(3)12(4)24-17(15)19-13(5)18-16/h9-10H,6-8H2,1-5H3/t9-,10-/m0/s1. The summed E-state index contributed by atoms with van der Waals surface area (Å²) in [6.45, 7) is 11.5. The number of hydrogen-bond donors (Lipinski definition) is 0. The van der Waals surface area contributed by atoms with Crippen LogP contribution in [-0.4, -0.2) is 51.8 Å². The molecule has 0 aliphatic carbocycles. The Hall–Kier alpha value is -1.18. The molecule has 5 nitrogen and oxygen atoms in total. The number of aromatic nitrogens is 2. The molecule has 0 radical (unpaired) electrons. The van der Waals surface area contributed by atoms with Crippen LogP contribution in [0.2, 0.25) is 0 Å². The first kappa shape index (κ1) is 17.6. The molecule has 2 aromatic heterocycles. The molecule has 0 spiro atoms. The van der Waals surface area contributed by atoms with Crippen molar-refractivity contribution in [2.75, 3.05) is 18.8 Å². The van der Waals surface area contributed by atoms with E-state index in [9.17, 15) is 4.79 Å². The van der Waals surface area contributed by atoms with Crippen LogP contribution in [0.3, 0.4) is 0 Å². The molecule has 1 aliphatic rings. The number of fused-ring (bicyclic) bond motifs is 1. The van der Waals surface area contributed by atoms with E-state index in [0.717, 1.165) is 21.1 Å². The molecular weight excluding hydrogens is 342 g/mol. The van der Waals surface area contributed by atoms with Crippen molar-refractivity contribution in [2.24, 2.45) is 0 Å². The van der Waals surface area contributed by atoms with Gasteiger partial charge < -0.3 is 9.64 Å². The molecule has 2 atom stereocenters. The fourth-order valence-corrected chi connectivity index (χ4v) is 5.19. The van der Waals surface area contributed by atoms with Crippen molar-refractivity contribution in [3.8, 4) is 0 Å². The number of nitrogens with zero attached hydrogens (tertiary/aromatic N) is 3. The molecule has 1 aliphatic heterocycles. The van der Waals surface area contributed by atoms with E-state index < -0.39 is 0 Å². The number of morpholine rings is 1. The van der Waals surface area contributed by atoms with Crippen molar-refractivity contribution >= 4 is 39.2 Å². The third kappa shape index (κ3) is 3.58. The lowest BCUT2D eigenvalue weighted by atomic mass is 10.2. The number of carbonyl (C=O) groups is 1. The van der Waals surface area contributed by atoms with Gasteiger partial charge >= 0.3 is 0 Å². The fraction of sp³-hybridized carbons (Fsp3) is 0.588. The normalized spacial score (nSPS) is 21.5. The fourth-order valence-electron chi connectivity index (χ4n) is 3.02. The van der Waals surface area contributed by atoms with Gasteiger partial charge in [0.1, 0.15) is 15.7 Å². The second-order valence-electron chi connectivity index (χ2n) is 6.38. The summed E-state index contributed by atoms with van der Waals surface area (Å²) in [6, 6.07) is 0. The number of thiophene rings is 1. The first-order chi connectivity index (χ1) is 11.3. The Morgan fingerprint density at radius 3 is 2.58 bits per heavy atom. The van der Waals surface area contributed by atoms with Gasteiger partial charge in [0.15, 0.2) is 0 Å². The SMILES string of the molecule is Cc1nc(SCC(=O)N2C[C@H](C)O[C@@H](C)C2)c2c(C)c(C)sc2n1. The number of aryl methyl sites for hydroxylation is 3. The third-order valence-corrected chi connectivity index (χ3v) is 6.27. The van der Waals surface area contributed by atoms with Crippen LogP contribution in [0.5, 0.6) is 0 Å². The molecule has 7 heteroatoms. The molecule has 130 valence electrons. The zero-order valence-corrected chi connectivity index (χ0v) is 16.4. The van der Waals surface area contributed by atoms with E-state index in [-0.39, 0.29) is 18.1 Å². The van der Waals surface area contributed by atoms with Crippen LogP contribution in [0.4, 0.5) is 0 Å². The van der Waals surface area contributed by atoms with Gasteiger partial charge in [-0.25, -0.2) is 9.97 Å². The summed E-state index contributed by atoms with van der Waals surface area (Å²) in [6.07, 6.45) is 0.190. The molecule has 24 heavy (non-hydrogen) atoms. The van der Waals surface area contributed by atoms with E-state index in [2.05, 4.69) is 23.8 Å². The number of hydrogen-bond acceptors (Lipinski definition) is 6. The lowest BCUT2D eigenvalue weighted by Gasteiger charge is -2.35. The monoisotopic (exact) mass is 365 g/mol. The summed E-state index contributed by atoms with van der Waals surface area (Å²) in [5, 5.41) is 2.02. The number of rotatable bonds is 3. The van der Waals surface area contributed by atoms with E-state index in [1.54, 1.807) is 11.3 Å². The van der Waals surface area contributed by atoms with Gasteiger partial charge in [-0.05, 0) is 40.2 Å². The van der Waals surface area contributed by atoms with Crippen LogP contribution in [0.1, 0.15) is 30.1 Å². The predicted octanol–water partition coefficient (Wildman–Crippen LogP) is 3.34. The van der Waals surface area contributed by atoms with Gasteiger partial charge in [0, 0.05) is 23.4 Å². The van der Waals surface area contributed by atoms with E-state index in [4.69, 9.17) is 4.74 Å². The van der Waals surface area contributed by atoms with Crippen molar-refractivity contribution in [3.63, 3.8) is 0 Å². The van der Waals surface area contributed by atoms with Crippen LogP contribution in [0, 0.1) is 20.8 Å². The third-order valence-electron chi connectivity index (χ3n) is 4.21. The van der Waals surface area contributed by atoms with Crippen molar-refractivity contribution in [1.82, 2.24) is 14.9 Å². The van der Waals surface area contributed by atoms with E-state index in [1.165, 1.54) is 22.2 Å². The lowest BCUT2D eigenvalue weighted by Crippen LogP contribution is -2.48. The largest absolute Gasteiger partial charge is 0.372 e. The molecule has 0 aromatic carbocycles. The highest BCUT2D eigenvalue weighted by molar-refractivity contribution is 8.00. The maximum atomic E-state index is 12.6. The molecule has 0 saturated carbocycles.